The Morgan fingerprint density at radius 2 is 1.90 bits per heavy atom. The maximum Gasteiger partial charge on any atom is 0.0979 e. The van der Waals surface area contributed by atoms with Crippen LogP contribution in [0, 0.1) is 5.92 Å². The van der Waals surface area contributed by atoms with Crippen molar-refractivity contribution in [3.8, 4) is 0 Å². The molecule has 1 unspecified atom stereocenters. The zero-order chi connectivity index (χ0) is 15.0. The molecule has 21 heavy (non-hydrogen) atoms. The quantitative estimate of drug-likeness (QED) is 0.719. The van der Waals surface area contributed by atoms with Gasteiger partial charge in [-0.1, -0.05) is 42.3 Å². The number of pyridine rings is 1. The van der Waals surface area contributed by atoms with E-state index in [1.165, 1.54) is 0 Å². The first-order valence-corrected chi connectivity index (χ1v) is 7.44. The van der Waals surface area contributed by atoms with Gasteiger partial charge in [0.2, 0.25) is 0 Å². The molecule has 0 aliphatic rings. The van der Waals surface area contributed by atoms with Gasteiger partial charge < -0.3 is 0 Å². The Bertz CT molecular complexity index is 769. The molecule has 4 nitrogen and oxygen atoms in total. The molecule has 2 heterocycles. The monoisotopic (exact) mass is 320 g/mol. The average molecular weight is 321 g/mol. The Morgan fingerprint density at radius 1 is 1.10 bits per heavy atom. The van der Waals surface area contributed by atoms with Crippen LogP contribution in [-0.2, 0) is 0 Å². The number of nitrogens with zero attached hydrogens (tertiary/aromatic N) is 4. The highest BCUT2D eigenvalue weighted by Crippen LogP contribution is 2.32. The van der Waals surface area contributed by atoms with Crippen LogP contribution < -0.4 is 0 Å². The third kappa shape index (κ3) is 2.61. The van der Waals surface area contributed by atoms with Crippen LogP contribution in [0.5, 0.6) is 0 Å². The molecule has 1 atom stereocenters. The molecular weight excluding hydrogens is 307 g/mol. The fourth-order valence-electron chi connectivity index (χ4n) is 2.47. The molecular formula is C15H14Cl2N4. The van der Waals surface area contributed by atoms with Gasteiger partial charge in [0.15, 0.2) is 0 Å². The lowest BCUT2D eigenvalue weighted by atomic mass is 10.00. The smallest absolute Gasteiger partial charge is 0.0979 e. The molecule has 0 spiro atoms. The van der Waals surface area contributed by atoms with Crippen molar-refractivity contribution in [3.05, 3.63) is 52.4 Å². The fraction of sp³-hybridized carbons (Fsp3) is 0.267. The summed E-state index contributed by atoms with van der Waals surface area (Å²) >= 11 is 12.3. The fourth-order valence-corrected chi connectivity index (χ4v) is 2.86. The summed E-state index contributed by atoms with van der Waals surface area (Å²) in [6, 6.07) is 7.61. The Kier molecular flexibility index (Phi) is 3.83. The molecule has 1 aromatic carbocycles. The van der Waals surface area contributed by atoms with Gasteiger partial charge in [0, 0.05) is 11.6 Å². The summed E-state index contributed by atoms with van der Waals surface area (Å²) in [5.74, 6) is 0.333. The van der Waals surface area contributed by atoms with Gasteiger partial charge in [-0.25, -0.2) is 4.68 Å². The van der Waals surface area contributed by atoms with Crippen molar-refractivity contribution in [1.82, 2.24) is 20.0 Å². The van der Waals surface area contributed by atoms with E-state index >= 15 is 0 Å². The second kappa shape index (κ2) is 5.62. The molecule has 3 aromatic rings. The number of hydrogen-bond donors (Lipinski definition) is 0. The molecule has 6 heteroatoms. The van der Waals surface area contributed by atoms with Crippen molar-refractivity contribution in [1.29, 1.82) is 0 Å². The van der Waals surface area contributed by atoms with E-state index in [4.69, 9.17) is 28.2 Å². The van der Waals surface area contributed by atoms with E-state index in [0.29, 0.717) is 16.0 Å². The first-order valence-electron chi connectivity index (χ1n) is 6.68. The number of fused-ring (bicyclic) bond motifs is 1. The largest absolute Gasteiger partial charge is 0.250 e. The molecule has 0 amide bonds. The molecule has 0 saturated carbocycles. The van der Waals surface area contributed by atoms with E-state index in [-0.39, 0.29) is 6.04 Å². The minimum Gasteiger partial charge on any atom is -0.250 e. The van der Waals surface area contributed by atoms with Crippen molar-refractivity contribution in [3.63, 3.8) is 0 Å². The summed E-state index contributed by atoms with van der Waals surface area (Å²) in [6.07, 6.45) is 3.53. The van der Waals surface area contributed by atoms with Crippen LogP contribution in [0.1, 0.15) is 25.6 Å². The molecule has 0 saturated heterocycles. The molecule has 3 rings (SSSR count). The number of aromatic nitrogens is 4. The number of benzene rings is 1. The molecule has 0 aliphatic carbocycles. The van der Waals surface area contributed by atoms with Crippen LogP contribution in [0.25, 0.3) is 10.9 Å². The van der Waals surface area contributed by atoms with Crippen molar-refractivity contribution in [2.24, 2.45) is 5.92 Å². The van der Waals surface area contributed by atoms with Gasteiger partial charge in [0.25, 0.3) is 0 Å². The molecule has 0 bridgehead atoms. The van der Waals surface area contributed by atoms with Crippen LogP contribution in [0.3, 0.4) is 0 Å². The molecule has 0 N–H and O–H groups in total. The zero-order valence-corrected chi connectivity index (χ0v) is 13.2. The third-order valence-electron chi connectivity index (χ3n) is 3.44. The van der Waals surface area contributed by atoms with Crippen molar-refractivity contribution >= 4 is 34.1 Å². The van der Waals surface area contributed by atoms with Gasteiger partial charge in [-0.3, -0.25) is 4.98 Å². The van der Waals surface area contributed by atoms with Crippen molar-refractivity contribution in [2.75, 3.05) is 0 Å². The minimum atomic E-state index is 0.0337. The summed E-state index contributed by atoms with van der Waals surface area (Å²) in [6.45, 7) is 4.26. The van der Waals surface area contributed by atoms with E-state index in [1.807, 2.05) is 29.1 Å². The summed E-state index contributed by atoms with van der Waals surface area (Å²) in [4.78, 5) is 4.72. The number of hydrogen-bond acceptors (Lipinski definition) is 3. The Labute approximate surface area is 132 Å². The van der Waals surface area contributed by atoms with Crippen LogP contribution in [0.15, 0.2) is 36.7 Å². The van der Waals surface area contributed by atoms with Gasteiger partial charge in [-0.15, -0.1) is 5.10 Å². The van der Waals surface area contributed by atoms with Gasteiger partial charge in [0.1, 0.15) is 0 Å². The Balaban J connectivity index is 2.13. The molecule has 0 aliphatic heterocycles. The Morgan fingerprint density at radius 3 is 2.57 bits per heavy atom. The first-order chi connectivity index (χ1) is 10.1. The lowest BCUT2D eigenvalue weighted by Gasteiger charge is -2.20. The van der Waals surface area contributed by atoms with E-state index in [9.17, 15) is 0 Å². The van der Waals surface area contributed by atoms with E-state index in [1.54, 1.807) is 12.3 Å². The summed E-state index contributed by atoms with van der Waals surface area (Å²) < 4.78 is 1.83. The van der Waals surface area contributed by atoms with Gasteiger partial charge in [-0.2, -0.15) is 0 Å². The molecule has 0 radical (unpaired) electrons. The average Bonchev–Trinajstić information content (AvgIpc) is 2.97. The molecule has 0 fully saturated rings. The maximum atomic E-state index is 6.22. The standard InChI is InChI=1S/C15H14Cl2N4/c1-9(2)15(21-8-7-18-20-21)13-5-3-10-12(19-13)6-4-11(16)14(10)17/h3-9,15H,1-2H3. The highest BCUT2D eigenvalue weighted by Gasteiger charge is 2.20. The lowest BCUT2D eigenvalue weighted by molar-refractivity contribution is 0.387. The second-order valence-electron chi connectivity index (χ2n) is 5.24. The summed E-state index contributed by atoms with van der Waals surface area (Å²) in [5.41, 5.74) is 1.76. The van der Waals surface area contributed by atoms with Crippen molar-refractivity contribution < 1.29 is 0 Å². The predicted octanol–water partition coefficient (Wildman–Crippen LogP) is 4.38. The van der Waals surface area contributed by atoms with E-state index in [2.05, 4.69) is 24.2 Å². The predicted molar refractivity (Wildman–Crippen MR) is 84.8 cm³/mol. The second-order valence-corrected chi connectivity index (χ2v) is 6.02. The number of halogens is 2. The maximum absolute atomic E-state index is 6.22. The van der Waals surface area contributed by atoms with E-state index < -0.39 is 0 Å². The molecule has 2 aromatic heterocycles. The third-order valence-corrected chi connectivity index (χ3v) is 4.26. The highest BCUT2D eigenvalue weighted by atomic mass is 35.5. The SMILES string of the molecule is CC(C)C(c1ccc2c(Cl)c(Cl)ccc2n1)n1ccnn1. The van der Waals surface area contributed by atoms with Crippen LogP contribution in [-0.4, -0.2) is 20.0 Å². The minimum absolute atomic E-state index is 0.0337. The van der Waals surface area contributed by atoms with Crippen LogP contribution in [0.4, 0.5) is 0 Å². The van der Waals surface area contributed by atoms with Crippen LogP contribution >= 0.6 is 23.2 Å². The highest BCUT2D eigenvalue weighted by molar-refractivity contribution is 6.45. The van der Waals surface area contributed by atoms with Crippen LogP contribution in [0.2, 0.25) is 10.0 Å². The normalized spacial score (nSPS) is 13.0. The lowest BCUT2D eigenvalue weighted by Crippen LogP contribution is -2.18. The van der Waals surface area contributed by atoms with Gasteiger partial charge in [0.05, 0.1) is 33.5 Å². The molecule has 108 valence electrons. The van der Waals surface area contributed by atoms with Gasteiger partial charge in [-0.05, 0) is 30.2 Å². The van der Waals surface area contributed by atoms with Crippen molar-refractivity contribution in [2.45, 2.75) is 19.9 Å². The topological polar surface area (TPSA) is 43.6 Å². The van der Waals surface area contributed by atoms with E-state index in [0.717, 1.165) is 16.6 Å². The first kappa shape index (κ1) is 14.3. The number of rotatable bonds is 3. The summed E-state index contributed by atoms with van der Waals surface area (Å²) in [7, 11) is 0. The summed E-state index contributed by atoms with van der Waals surface area (Å²) in [5, 5.41) is 9.92. The van der Waals surface area contributed by atoms with Gasteiger partial charge >= 0.3 is 0 Å². The zero-order valence-electron chi connectivity index (χ0n) is 11.7. The Hall–Kier alpha value is -1.65.